The van der Waals surface area contributed by atoms with Crippen molar-refractivity contribution < 1.29 is 19.8 Å². The molecule has 2 amide bonds. The van der Waals surface area contributed by atoms with Gasteiger partial charge in [-0.2, -0.15) is 0 Å². The molecule has 1 unspecified atom stereocenters. The van der Waals surface area contributed by atoms with Crippen molar-refractivity contribution in [2.75, 3.05) is 6.54 Å². The van der Waals surface area contributed by atoms with Crippen LogP contribution >= 0.6 is 0 Å². The number of hydrogen-bond acceptors (Lipinski definition) is 3. The highest BCUT2D eigenvalue weighted by Gasteiger charge is 2.19. The van der Waals surface area contributed by atoms with Crippen molar-refractivity contribution in [3.63, 3.8) is 0 Å². The number of carboxylic acids is 1. The lowest BCUT2D eigenvalue weighted by atomic mass is 10.1. The third-order valence-corrected chi connectivity index (χ3v) is 2.32. The molecule has 0 aliphatic carbocycles. The van der Waals surface area contributed by atoms with E-state index in [0.717, 1.165) is 5.56 Å². The molecule has 0 aliphatic heterocycles. The zero-order chi connectivity index (χ0) is 13.5. The molecule has 0 fully saturated rings. The zero-order valence-corrected chi connectivity index (χ0v) is 10.0. The fourth-order valence-corrected chi connectivity index (χ4v) is 1.44. The van der Waals surface area contributed by atoms with Gasteiger partial charge in [0.15, 0.2) is 0 Å². The summed E-state index contributed by atoms with van der Waals surface area (Å²) in [6.45, 7) is 2.17. The molecule has 0 bridgehead atoms. The number of carbonyl (C=O) groups excluding carboxylic acids is 1. The van der Waals surface area contributed by atoms with E-state index in [1.165, 1.54) is 12.1 Å². The molecule has 0 saturated heterocycles. The van der Waals surface area contributed by atoms with E-state index in [9.17, 15) is 9.59 Å². The van der Waals surface area contributed by atoms with Gasteiger partial charge in [-0.3, -0.25) is 0 Å². The lowest BCUT2D eigenvalue weighted by Gasteiger charge is -2.14. The van der Waals surface area contributed by atoms with E-state index in [1.807, 2.05) is 0 Å². The second-order valence-corrected chi connectivity index (χ2v) is 3.77. The predicted molar refractivity (Wildman–Crippen MR) is 65.4 cm³/mol. The Morgan fingerprint density at radius 2 is 1.89 bits per heavy atom. The minimum atomic E-state index is -1.10. The van der Waals surface area contributed by atoms with Crippen molar-refractivity contribution in [1.82, 2.24) is 10.6 Å². The molecule has 18 heavy (non-hydrogen) atoms. The number of benzene rings is 1. The van der Waals surface area contributed by atoms with Gasteiger partial charge in [0, 0.05) is 13.0 Å². The molecule has 1 atom stereocenters. The van der Waals surface area contributed by atoms with Crippen LogP contribution < -0.4 is 10.6 Å². The largest absolute Gasteiger partial charge is 0.508 e. The Kier molecular flexibility index (Phi) is 4.98. The van der Waals surface area contributed by atoms with E-state index in [-0.39, 0.29) is 12.2 Å². The number of amides is 2. The van der Waals surface area contributed by atoms with Crippen LogP contribution in [0.15, 0.2) is 24.3 Å². The van der Waals surface area contributed by atoms with E-state index >= 15 is 0 Å². The summed E-state index contributed by atoms with van der Waals surface area (Å²) in [4.78, 5) is 22.3. The van der Waals surface area contributed by atoms with E-state index < -0.39 is 18.0 Å². The van der Waals surface area contributed by atoms with Crippen LogP contribution in [0.25, 0.3) is 0 Å². The van der Waals surface area contributed by atoms with Crippen molar-refractivity contribution in [3.05, 3.63) is 29.8 Å². The zero-order valence-electron chi connectivity index (χ0n) is 10.0. The molecule has 6 nitrogen and oxygen atoms in total. The number of carbonyl (C=O) groups is 2. The monoisotopic (exact) mass is 252 g/mol. The highest BCUT2D eigenvalue weighted by molar-refractivity contribution is 5.82. The van der Waals surface area contributed by atoms with Gasteiger partial charge >= 0.3 is 12.0 Å². The molecular weight excluding hydrogens is 236 g/mol. The standard InChI is InChI=1S/C12H16N2O4/c1-2-13-12(18)14-10(11(16)17)7-8-3-5-9(15)6-4-8/h3-6,10,15H,2,7H2,1H3,(H,16,17)(H2,13,14,18). The summed E-state index contributed by atoms with van der Waals surface area (Å²) in [5.74, 6) is -0.989. The molecular formula is C12H16N2O4. The molecule has 0 aliphatic rings. The summed E-state index contributed by atoms with van der Waals surface area (Å²) in [6, 6.07) is 4.67. The fourth-order valence-electron chi connectivity index (χ4n) is 1.44. The van der Waals surface area contributed by atoms with Crippen LogP contribution in [0.4, 0.5) is 4.79 Å². The summed E-state index contributed by atoms with van der Waals surface area (Å²) in [5.41, 5.74) is 0.719. The summed E-state index contributed by atoms with van der Waals surface area (Å²) in [5, 5.41) is 23.0. The molecule has 98 valence electrons. The molecule has 1 aromatic rings. The molecule has 1 rings (SSSR count). The van der Waals surface area contributed by atoms with Crippen molar-refractivity contribution in [1.29, 1.82) is 0 Å². The molecule has 0 heterocycles. The average Bonchev–Trinajstić information content (AvgIpc) is 2.31. The Morgan fingerprint density at radius 3 is 2.39 bits per heavy atom. The van der Waals surface area contributed by atoms with Crippen LogP contribution in [0.3, 0.4) is 0 Å². The Bertz CT molecular complexity index is 417. The van der Waals surface area contributed by atoms with E-state index in [0.29, 0.717) is 6.54 Å². The van der Waals surface area contributed by atoms with Gasteiger partial charge in [-0.25, -0.2) is 9.59 Å². The van der Waals surface area contributed by atoms with Crippen molar-refractivity contribution in [2.24, 2.45) is 0 Å². The molecule has 4 N–H and O–H groups in total. The number of urea groups is 1. The summed E-state index contributed by atoms with van der Waals surface area (Å²) in [6.07, 6.45) is 0.159. The van der Waals surface area contributed by atoms with Crippen LogP contribution in [0.1, 0.15) is 12.5 Å². The minimum absolute atomic E-state index is 0.113. The third-order valence-electron chi connectivity index (χ3n) is 2.32. The lowest BCUT2D eigenvalue weighted by molar-refractivity contribution is -0.139. The van der Waals surface area contributed by atoms with Crippen molar-refractivity contribution in [3.8, 4) is 5.75 Å². The van der Waals surface area contributed by atoms with Crippen LogP contribution in [0.2, 0.25) is 0 Å². The van der Waals surface area contributed by atoms with Crippen LogP contribution in [-0.4, -0.2) is 34.8 Å². The van der Waals surface area contributed by atoms with Gasteiger partial charge < -0.3 is 20.8 Å². The second kappa shape index (κ2) is 6.48. The first-order chi connectivity index (χ1) is 8.52. The summed E-state index contributed by atoms with van der Waals surface area (Å²) < 4.78 is 0. The van der Waals surface area contributed by atoms with Crippen LogP contribution in [-0.2, 0) is 11.2 Å². The Hall–Kier alpha value is -2.24. The predicted octanol–water partition coefficient (Wildman–Crippen LogP) is 0.707. The number of aliphatic carboxylic acids is 1. The quantitative estimate of drug-likeness (QED) is 0.620. The number of rotatable bonds is 5. The second-order valence-electron chi connectivity index (χ2n) is 3.77. The van der Waals surface area contributed by atoms with Gasteiger partial charge in [-0.05, 0) is 24.6 Å². The fraction of sp³-hybridized carbons (Fsp3) is 0.333. The van der Waals surface area contributed by atoms with Crippen molar-refractivity contribution in [2.45, 2.75) is 19.4 Å². The first-order valence-electron chi connectivity index (χ1n) is 5.58. The average molecular weight is 252 g/mol. The normalized spacial score (nSPS) is 11.6. The molecule has 1 aromatic carbocycles. The topological polar surface area (TPSA) is 98.7 Å². The summed E-state index contributed by atoms with van der Waals surface area (Å²) in [7, 11) is 0. The Balaban J connectivity index is 2.65. The number of aromatic hydroxyl groups is 1. The maximum atomic E-state index is 11.3. The Morgan fingerprint density at radius 1 is 1.28 bits per heavy atom. The number of phenols is 1. The molecule has 0 saturated carbocycles. The maximum absolute atomic E-state index is 11.3. The molecule has 0 spiro atoms. The maximum Gasteiger partial charge on any atom is 0.326 e. The van der Waals surface area contributed by atoms with Crippen LogP contribution in [0.5, 0.6) is 5.75 Å². The van der Waals surface area contributed by atoms with Crippen molar-refractivity contribution >= 4 is 12.0 Å². The molecule has 0 radical (unpaired) electrons. The number of phenolic OH excluding ortho intramolecular Hbond substituents is 1. The van der Waals surface area contributed by atoms with E-state index in [4.69, 9.17) is 10.2 Å². The first-order valence-corrected chi connectivity index (χ1v) is 5.58. The molecule has 6 heteroatoms. The van der Waals surface area contributed by atoms with Gasteiger partial charge in [0.2, 0.25) is 0 Å². The highest BCUT2D eigenvalue weighted by atomic mass is 16.4. The molecule has 0 aromatic heterocycles. The number of carboxylic acid groups (broad SMARTS) is 1. The third kappa shape index (κ3) is 4.32. The van der Waals surface area contributed by atoms with Crippen LogP contribution in [0, 0.1) is 0 Å². The lowest BCUT2D eigenvalue weighted by Crippen LogP contribution is -2.47. The number of nitrogens with one attached hydrogen (secondary N) is 2. The smallest absolute Gasteiger partial charge is 0.326 e. The Labute approximate surface area is 105 Å². The first kappa shape index (κ1) is 13.8. The minimum Gasteiger partial charge on any atom is -0.508 e. The van der Waals surface area contributed by atoms with Gasteiger partial charge in [0.05, 0.1) is 0 Å². The van der Waals surface area contributed by atoms with Gasteiger partial charge in [-0.15, -0.1) is 0 Å². The van der Waals surface area contributed by atoms with Gasteiger partial charge in [0.1, 0.15) is 11.8 Å². The number of hydrogen-bond donors (Lipinski definition) is 4. The highest BCUT2D eigenvalue weighted by Crippen LogP contribution is 2.11. The summed E-state index contributed by atoms with van der Waals surface area (Å²) >= 11 is 0. The van der Waals surface area contributed by atoms with Gasteiger partial charge in [0.25, 0.3) is 0 Å². The van der Waals surface area contributed by atoms with E-state index in [2.05, 4.69) is 10.6 Å². The van der Waals surface area contributed by atoms with Gasteiger partial charge in [-0.1, -0.05) is 12.1 Å². The van der Waals surface area contributed by atoms with E-state index in [1.54, 1.807) is 19.1 Å². The SMILES string of the molecule is CCNC(=O)NC(Cc1ccc(O)cc1)C(=O)O.